The Kier molecular flexibility index (Phi) is 5.96. The first-order valence-corrected chi connectivity index (χ1v) is 8.54. The zero-order valence-electron chi connectivity index (χ0n) is 13.7. The summed E-state index contributed by atoms with van der Waals surface area (Å²) in [6.45, 7) is 0.835. The summed E-state index contributed by atoms with van der Waals surface area (Å²) in [5.74, 6) is -0.274. The number of fused-ring (bicyclic) bond motifs is 1. The van der Waals surface area contributed by atoms with Crippen LogP contribution in [0.5, 0.6) is 0 Å². The van der Waals surface area contributed by atoms with E-state index in [-0.39, 0.29) is 25.1 Å². The maximum Gasteiger partial charge on any atom is 0.128 e. The molecule has 0 heterocycles. The summed E-state index contributed by atoms with van der Waals surface area (Å²) < 4.78 is 18.9. The van der Waals surface area contributed by atoms with Gasteiger partial charge in [0.05, 0.1) is 19.3 Å². The Morgan fingerprint density at radius 3 is 2.83 bits per heavy atom. The van der Waals surface area contributed by atoms with E-state index in [4.69, 9.17) is 4.74 Å². The lowest BCUT2D eigenvalue weighted by Gasteiger charge is -2.27. The lowest BCUT2D eigenvalue weighted by molar-refractivity contribution is 0.0263. The minimum atomic E-state index is -0.606. The second kappa shape index (κ2) is 8.38. The predicted octanol–water partition coefficient (Wildman–Crippen LogP) is 3.37. The number of halogens is 1. The van der Waals surface area contributed by atoms with E-state index in [1.54, 1.807) is 18.2 Å². The van der Waals surface area contributed by atoms with Gasteiger partial charge in [-0.15, -0.1) is 0 Å². The predicted molar refractivity (Wildman–Crippen MR) is 92.2 cm³/mol. The number of aliphatic hydroxyl groups excluding tert-OH is 1. The fourth-order valence-electron chi connectivity index (χ4n) is 3.22. The highest BCUT2D eigenvalue weighted by atomic mass is 19.1. The number of aliphatic hydroxyl groups is 1. The molecule has 0 saturated carbocycles. The van der Waals surface area contributed by atoms with Crippen LogP contribution in [0.3, 0.4) is 0 Å². The molecule has 2 atom stereocenters. The average Bonchev–Trinajstić information content (AvgIpc) is 2.61. The molecule has 4 heteroatoms. The van der Waals surface area contributed by atoms with Gasteiger partial charge in [0.1, 0.15) is 5.82 Å². The largest absolute Gasteiger partial charge is 0.389 e. The van der Waals surface area contributed by atoms with Crippen molar-refractivity contribution in [2.75, 3.05) is 13.2 Å². The highest BCUT2D eigenvalue weighted by molar-refractivity contribution is 5.32. The van der Waals surface area contributed by atoms with Crippen molar-refractivity contribution in [3.8, 4) is 0 Å². The second-order valence-electron chi connectivity index (χ2n) is 6.31. The molecule has 2 aromatic rings. The van der Waals surface area contributed by atoms with Crippen LogP contribution in [-0.2, 0) is 17.8 Å². The molecule has 2 aromatic carbocycles. The van der Waals surface area contributed by atoms with Gasteiger partial charge in [0.15, 0.2) is 0 Å². The van der Waals surface area contributed by atoms with Gasteiger partial charge < -0.3 is 15.2 Å². The maximum absolute atomic E-state index is 13.5. The standard InChI is InChI=1S/C20H24FNO2/c21-19-10-4-2-7-16(19)13-24-14-17(23)12-22-20-11-5-8-15-6-1-3-9-18(15)20/h1-4,6-7,9-10,17,20,22-23H,5,8,11-14H2/t17-,20-/m0/s1. The second-order valence-corrected chi connectivity index (χ2v) is 6.31. The fraction of sp³-hybridized carbons (Fsp3) is 0.400. The molecule has 0 unspecified atom stereocenters. The molecule has 0 fully saturated rings. The summed E-state index contributed by atoms with van der Waals surface area (Å²) >= 11 is 0. The topological polar surface area (TPSA) is 41.5 Å². The molecule has 0 amide bonds. The molecule has 128 valence electrons. The van der Waals surface area contributed by atoms with Crippen molar-refractivity contribution in [3.63, 3.8) is 0 Å². The molecule has 0 aromatic heterocycles. The third kappa shape index (κ3) is 4.41. The Labute approximate surface area is 142 Å². The molecule has 2 N–H and O–H groups in total. The molecule has 3 nitrogen and oxygen atoms in total. The van der Waals surface area contributed by atoms with Gasteiger partial charge in [0.2, 0.25) is 0 Å². The van der Waals surface area contributed by atoms with E-state index in [2.05, 4.69) is 29.6 Å². The summed E-state index contributed by atoms with van der Waals surface area (Å²) in [6, 6.07) is 15.3. The summed E-state index contributed by atoms with van der Waals surface area (Å²) in [4.78, 5) is 0. The summed E-state index contributed by atoms with van der Waals surface area (Å²) in [7, 11) is 0. The van der Waals surface area contributed by atoms with E-state index in [0.29, 0.717) is 12.1 Å². The van der Waals surface area contributed by atoms with Gasteiger partial charge in [0.25, 0.3) is 0 Å². The van der Waals surface area contributed by atoms with E-state index in [0.717, 1.165) is 19.3 Å². The Morgan fingerprint density at radius 2 is 1.96 bits per heavy atom. The van der Waals surface area contributed by atoms with Gasteiger partial charge in [-0.05, 0) is 36.5 Å². The summed E-state index contributed by atoms with van der Waals surface area (Å²) in [6.07, 6.45) is 2.77. The maximum atomic E-state index is 13.5. The van der Waals surface area contributed by atoms with Gasteiger partial charge in [0, 0.05) is 18.2 Å². The molecule has 1 aliphatic carbocycles. The van der Waals surface area contributed by atoms with Gasteiger partial charge >= 0.3 is 0 Å². The van der Waals surface area contributed by atoms with Crippen LogP contribution in [0.4, 0.5) is 4.39 Å². The molecule has 0 radical (unpaired) electrons. The Hall–Kier alpha value is -1.75. The van der Waals surface area contributed by atoms with E-state index in [1.165, 1.54) is 17.2 Å². The number of aryl methyl sites for hydroxylation is 1. The monoisotopic (exact) mass is 329 g/mol. The number of hydrogen-bond acceptors (Lipinski definition) is 3. The van der Waals surface area contributed by atoms with Gasteiger partial charge in [-0.3, -0.25) is 0 Å². The lowest BCUT2D eigenvalue weighted by Crippen LogP contribution is -2.34. The van der Waals surface area contributed by atoms with Crippen molar-refractivity contribution in [3.05, 3.63) is 71.0 Å². The van der Waals surface area contributed by atoms with Crippen LogP contribution < -0.4 is 5.32 Å². The first kappa shape index (κ1) is 17.1. The van der Waals surface area contributed by atoms with Crippen LogP contribution in [0.1, 0.15) is 35.6 Å². The summed E-state index contributed by atoms with van der Waals surface area (Å²) in [5.41, 5.74) is 3.24. The van der Waals surface area contributed by atoms with Crippen molar-refractivity contribution >= 4 is 0 Å². The first-order valence-electron chi connectivity index (χ1n) is 8.54. The molecule has 24 heavy (non-hydrogen) atoms. The highest BCUT2D eigenvalue weighted by Crippen LogP contribution is 2.29. The number of hydrogen-bond donors (Lipinski definition) is 2. The summed E-state index contributed by atoms with van der Waals surface area (Å²) in [5, 5.41) is 13.5. The Morgan fingerprint density at radius 1 is 1.17 bits per heavy atom. The third-order valence-corrected chi connectivity index (χ3v) is 4.49. The van der Waals surface area contributed by atoms with Crippen molar-refractivity contribution in [2.45, 2.75) is 38.0 Å². The molecule has 0 saturated heterocycles. The SMILES string of the molecule is O[C@@H](CN[C@H]1CCCc2ccccc21)COCc1ccccc1F. The van der Waals surface area contributed by atoms with E-state index in [1.807, 2.05) is 0 Å². The van der Waals surface area contributed by atoms with Gasteiger partial charge in [-0.2, -0.15) is 0 Å². The van der Waals surface area contributed by atoms with Crippen LogP contribution in [0.2, 0.25) is 0 Å². The van der Waals surface area contributed by atoms with Crippen LogP contribution in [0, 0.1) is 5.82 Å². The number of rotatable bonds is 7. The van der Waals surface area contributed by atoms with Crippen molar-refractivity contribution in [2.24, 2.45) is 0 Å². The van der Waals surface area contributed by atoms with Crippen LogP contribution in [-0.4, -0.2) is 24.4 Å². The van der Waals surface area contributed by atoms with Crippen molar-refractivity contribution in [1.82, 2.24) is 5.32 Å². The fourth-order valence-corrected chi connectivity index (χ4v) is 3.22. The minimum Gasteiger partial charge on any atom is -0.389 e. The molecule has 1 aliphatic rings. The number of ether oxygens (including phenoxy) is 1. The van der Waals surface area contributed by atoms with Crippen molar-refractivity contribution in [1.29, 1.82) is 0 Å². The van der Waals surface area contributed by atoms with Gasteiger partial charge in [-0.25, -0.2) is 4.39 Å². The molecular formula is C20H24FNO2. The zero-order valence-corrected chi connectivity index (χ0v) is 13.7. The Bertz CT molecular complexity index is 662. The van der Waals surface area contributed by atoms with Crippen LogP contribution in [0.15, 0.2) is 48.5 Å². The third-order valence-electron chi connectivity index (χ3n) is 4.49. The van der Waals surface area contributed by atoms with E-state index >= 15 is 0 Å². The number of nitrogens with one attached hydrogen (secondary N) is 1. The van der Waals surface area contributed by atoms with E-state index < -0.39 is 6.10 Å². The van der Waals surface area contributed by atoms with Crippen LogP contribution >= 0.6 is 0 Å². The number of benzene rings is 2. The average molecular weight is 329 g/mol. The lowest BCUT2D eigenvalue weighted by atomic mass is 9.88. The van der Waals surface area contributed by atoms with Crippen LogP contribution in [0.25, 0.3) is 0 Å². The smallest absolute Gasteiger partial charge is 0.128 e. The van der Waals surface area contributed by atoms with Gasteiger partial charge in [-0.1, -0.05) is 42.5 Å². The highest BCUT2D eigenvalue weighted by Gasteiger charge is 2.20. The molecular weight excluding hydrogens is 305 g/mol. The minimum absolute atomic E-state index is 0.177. The van der Waals surface area contributed by atoms with Crippen molar-refractivity contribution < 1.29 is 14.2 Å². The molecule has 0 bridgehead atoms. The first-order chi connectivity index (χ1) is 11.7. The molecule has 3 rings (SSSR count). The molecule has 0 spiro atoms. The van der Waals surface area contributed by atoms with E-state index in [9.17, 15) is 9.50 Å². The molecule has 0 aliphatic heterocycles. The quantitative estimate of drug-likeness (QED) is 0.818. The Balaban J connectivity index is 1.43. The normalized spacial score (nSPS) is 18.2. The zero-order chi connectivity index (χ0) is 16.8.